The molecule has 6 heteroatoms. The van der Waals surface area contributed by atoms with Crippen LogP contribution in [0.2, 0.25) is 0 Å². The maximum atomic E-state index is 12.2. The van der Waals surface area contributed by atoms with Crippen molar-refractivity contribution in [1.82, 2.24) is 14.1 Å². The lowest BCUT2D eigenvalue weighted by Gasteiger charge is -2.09. The maximum Gasteiger partial charge on any atom is 0.250 e. The fraction of sp³-hybridized carbons (Fsp3) is 0.235. The number of para-hydroxylation sites is 2. The molecule has 0 aliphatic rings. The van der Waals surface area contributed by atoms with Crippen molar-refractivity contribution in [2.45, 2.75) is 26.4 Å². The molecule has 0 radical (unpaired) electrons. The van der Waals surface area contributed by atoms with Crippen molar-refractivity contribution in [1.29, 1.82) is 0 Å². The molecule has 0 atom stereocenters. The molecule has 0 aliphatic heterocycles. The van der Waals surface area contributed by atoms with Gasteiger partial charge < -0.3 is 9.13 Å². The highest BCUT2D eigenvalue weighted by Crippen LogP contribution is 2.19. The third kappa shape index (κ3) is 3.15. The van der Waals surface area contributed by atoms with E-state index in [4.69, 9.17) is 0 Å². The van der Waals surface area contributed by atoms with E-state index in [-0.39, 0.29) is 18.0 Å². The van der Waals surface area contributed by atoms with Gasteiger partial charge in [-0.05, 0) is 24.6 Å². The second kappa shape index (κ2) is 6.48. The first-order valence-corrected chi connectivity index (χ1v) is 7.59. The zero-order valence-corrected chi connectivity index (χ0v) is 12.9. The zero-order valence-electron chi connectivity index (χ0n) is 12.9. The van der Waals surface area contributed by atoms with Gasteiger partial charge in [0.2, 0.25) is 11.9 Å². The molecule has 1 N–H and O–H groups in total. The van der Waals surface area contributed by atoms with Crippen LogP contribution in [0.3, 0.4) is 0 Å². The Kier molecular flexibility index (Phi) is 4.23. The molecular formula is C17H18N4O2. The molecule has 2 heterocycles. The van der Waals surface area contributed by atoms with Crippen molar-refractivity contribution in [2.75, 3.05) is 5.32 Å². The number of imidazole rings is 1. The van der Waals surface area contributed by atoms with E-state index in [2.05, 4.69) is 17.2 Å². The van der Waals surface area contributed by atoms with Crippen molar-refractivity contribution >= 4 is 22.9 Å². The van der Waals surface area contributed by atoms with Crippen LogP contribution in [0.25, 0.3) is 11.0 Å². The number of rotatable bonds is 5. The quantitative estimate of drug-likeness (QED) is 0.786. The first kappa shape index (κ1) is 15.0. The monoisotopic (exact) mass is 310 g/mol. The van der Waals surface area contributed by atoms with Crippen molar-refractivity contribution in [3.8, 4) is 0 Å². The van der Waals surface area contributed by atoms with Gasteiger partial charge in [-0.2, -0.15) is 0 Å². The van der Waals surface area contributed by atoms with Gasteiger partial charge in [-0.3, -0.25) is 14.9 Å². The number of pyridine rings is 1. The van der Waals surface area contributed by atoms with E-state index in [1.807, 2.05) is 28.8 Å². The van der Waals surface area contributed by atoms with Crippen LogP contribution in [0.15, 0.2) is 53.5 Å². The second-order valence-electron chi connectivity index (χ2n) is 5.29. The number of hydrogen-bond donors (Lipinski definition) is 1. The molecule has 2 aromatic heterocycles. The van der Waals surface area contributed by atoms with Gasteiger partial charge in [-0.1, -0.05) is 25.1 Å². The molecule has 1 amide bonds. The maximum absolute atomic E-state index is 12.2. The lowest BCUT2D eigenvalue weighted by atomic mass is 10.3. The summed E-state index contributed by atoms with van der Waals surface area (Å²) in [6, 6.07) is 12.6. The number of aryl methyl sites for hydroxylation is 1. The standard InChI is InChI=1S/C17H18N4O2/c1-2-10-21-14-8-4-3-7-13(14)18-17(21)19-15(22)12-20-11-6-5-9-16(20)23/h3-9,11H,2,10,12H2,1H3,(H,18,19,22). The summed E-state index contributed by atoms with van der Waals surface area (Å²) in [6.07, 6.45) is 2.53. The highest BCUT2D eigenvalue weighted by Gasteiger charge is 2.13. The molecule has 0 spiro atoms. The van der Waals surface area contributed by atoms with E-state index >= 15 is 0 Å². The molecule has 0 aliphatic carbocycles. The minimum Gasteiger partial charge on any atom is -0.310 e. The summed E-state index contributed by atoms with van der Waals surface area (Å²) in [5.74, 6) is 0.244. The number of carbonyl (C=O) groups is 1. The zero-order chi connectivity index (χ0) is 16.2. The Hall–Kier alpha value is -2.89. The highest BCUT2D eigenvalue weighted by molar-refractivity contribution is 5.91. The van der Waals surface area contributed by atoms with E-state index in [9.17, 15) is 9.59 Å². The fourth-order valence-corrected chi connectivity index (χ4v) is 2.53. The molecule has 0 saturated carbocycles. The topological polar surface area (TPSA) is 68.9 Å². The Balaban J connectivity index is 1.86. The Labute approximate surface area is 133 Å². The Morgan fingerprint density at radius 3 is 2.74 bits per heavy atom. The molecule has 0 bridgehead atoms. The largest absolute Gasteiger partial charge is 0.310 e. The van der Waals surface area contributed by atoms with Crippen LogP contribution < -0.4 is 10.9 Å². The third-order valence-electron chi connectivity index (χ3n) is 3.57. The number of amides is 1. The Bertz CT molecular complexity index is 895. The SMILES string of the molecule is CCCn1c(NC(=O)Cn2ccccc2=O)nc2ccccc21. The van der Waals surface area contributed by atoms with Gasteiger partial charge in [-0.25, -0.2) is 4.98 Å². The van der Waals surface area contributed by atoms with Crippen LogP contribution in [0, 0.1) is 0 Å². The summed E-state index contributed by atoms with van der Waals surface area (Å²) < 4.78 is 3.35. The minimum absolute atomic E-state index is 0.0327. The van der Waals surface area contributed by atoms with Gasteiger partial charge in [0.1, 0.15) is 6.54 Å². The lowest BCUT2D eigenvalue weighted by molar-refractivity contribution is -0.116. The van der Waals surface area contributed by atoms with Gasteiger partial charge in [-0.15, -0.1) is 0 Å². The van der Waals surface area contributed by atoms with Gasteiger partial charge in [0.15, 0.2) is 0 Å². The first-order chi connectivity index (χ1) is 11.2. The molecule has 3 aromatic rings. The van der Waals surface area contributed by atoms with Gasteiger partial charge in [0, 0.05) is 18.8 Å². The summed E-state index contributed by atoms with van der Waals surface area (Å²) in [5, 5.41) is 2.81. The summed E-state index contributed by atoms with van der Waals surface area (Å²) >= 11 is 0. The number of benzene rings is 1. The predicted molar refractivity (Wildman–Crippen MR) is 89.4 cm³/mol. The van der Waals surface area contributed by atoms with Gasteiger partial charge in [0.05, 0.1) is 11.0 Å². The number of anilines is 1. The van der Waals surface area contributed by atoms with Crippen LogP contribution in [0.4, 0.5) is 5.95 Å². The predicted octanol–water partition coefficient (Wildman–Crippen LogP) is 2.25. The molecule has 118 valence electrons. The van der Waals surface area contributed by atoms with E-state index in [0.717, 1.165) is 24.0 Å². The van der Waals surface area contributed by atoms with Crippen LogP contribution in [0.1, 0.15) is 13.3 Å². The number of nitrogens with one attached hydrogen (secondary N) is 1. The number of hydrogen-bond acceptors (Lipinski definition) is 3. The highest BCUT2D eigenvalue weighted by atomic mass is 16.2. The molecule has 6 nitrogen and oxygen atoms in total. The first-order valence-electron chi connectivity index (χ1n) is 7.59. The average molecular weight is 310 g/mol. The number of fused-ring (bicyclic) bond motifs is 1. The summed E-state index contributed by atoms with van der Waals surface area (Å²) in [4.78, 5) is 28.4. The Morgan fingerprint density at radius 2 is 1.96 bits per heavy atom. The summed E-state index contributed by atoms with van der Waals surface area (Å²) in [5.41, 5.74) is 1.62. The van der Waals surface area contributed by atoms with Crippen molar-refractivity contribution in [3.63, 3.8) is 0 Å². The molecule has 1 aromatic carbocycles. The van der Waals surface area contributed by atoms with Crippen molar-refractivity contribution in [3.05, 3.63) is 59.0 Å². The van der Waals surface area contributed by atoms with Gasteiger partial charge >= 0.3 is 0 Å². The molecular weight excluding hydrogens is 292 g/mol. The fourth-order valence-electron chi connectivity index (χ4n) is 2.53. The smallest absolute Gasteiger partial charge is 0.250 e. The van der Waals surface area contributed by atoms with Crippen molar-refractivity contribution < 1.29 is 4.79 Å². The molecule has 0 saturated heterocycles. The van der Waals surface area contributed by atoms with E-state index in [1.54, 1.807) is 18.3 Å². The molecule has 23 heavy (non-hydrogen) atoms. The number of aromatic nitrogens is 3. The summed E-state index contributed by atoms with van der Waals surface area (Å²) in [7, 11) is 0. The van der Waals surface area contributed by atoms with Crippen molar-refractivity contribution in [2.24, 2.45) is 0 Å². The lowest BCUT2D eigenvalue weighted by Crippen LogP contribution is -2.27. The minimum atomic E-state index is -0.272. The normalized spacial score (nSPS) is 10.8. The average Bonchev–Trinajstić information content (AvgIpc) is 2.88. The third-order valence-corrected chi connectivity index (χ3v) is 3.57. The number of carbonyl (C=O) groups excluding carboxylic acids is 1. The van der Waals surface area contributed by atoms with E-state index < -0.39 is 0 Å². The van der Waals surface area contributed by atoms with Crippen LogP contribution in [-0.2, 0) is 17.9 Å². The number of nitrogens with zero attached hydrogens (tertiary/aromatic N) is 3. The molecule has 0 fully saturated rings. The molecule has 0 unspecified atom stereocenters. The molecule has 3 rings (SSSR count). The Morgan fingerprint density at radius 1 is 1.17 bits per heavy atom. The van der Waals surface area contributed by atoms with E-state index in [0.29, 0.717) is 5.95 Å². The second-order valence-corrected chi connectivity index (χ2v) is 5.29. The van der Waals surface area contributed by atoms with Gasteiger partial charge in [0.25, 0.3) is 5.56 Å². The summed E-state index contributed by atoms with van der Waals surface area (Å²) in [6.45, 7) is 2.81. The van der Waals surface area contributed by atoms with Crippen LogP contribution >= 0.6 is 0 Å². The van der Waals surface area contributed by atoms with E-state index in [1.165, 1.54) is 10.6 Å². The van der Waals surface area contributed by atoms with Crippen LogP contribution in [-0.4, -0.2) is 20.0 Å². The van der Waals surface area contributed by atoms with Crippen LogP contribution in [0.5, 0.6) is 0 Å².